The molecule has 19 heavy (non-hydrogen) atoms. The van der Waals surface area contributed by atoms with Gasteiger partial charge in [0.15, 0.2) is 5.60 Å². The summed E-state index contributed by atoms with van der Waals surface area (Å²) in [5.74, 6) is 0. The Morgan fingerprint density at radius 1 is 1.37 bits per heavy atom. The van der Waals surface area contributed by atoms with E-state index in [-0.39, 0.29) is 11.2 Å². The lowest BCUT2D eigenvalue weighted by molar-refractivity contribution is -0.263. The molecule has 0 radical (unpaired) electrons. The van der Waals surface area contributed by atoms with E-state index in [2.05, 4.69) is 30.2 Å². The van der Waals surface area contributed by atoms with Crippen molar-refractivity contribution in [3.8, 4) is 0 Å². The van der Waals surface area contributed by atoms with Crippen molar-refractivity contribution in [3.63, 3.8) is 0 Å². The number of nitrogens with one attached hydrogen (secondary N) is 1. The molecule has 0 aliphatic carbocycles. The second-order valence-corrected chi connectivity index (χ2v) is 6.24. The number of fused-ring (bicyclic) bond motifs is 3. The van der Waals surface area contributed by atoms with Crippen molar-refractivity contribution in [1.29, 1.82) is 0 Å². The van der Waals surface area contributed by atoms with Crippen LogP contribution < -0.4 is 5.32 Å². The summed E-state index contributed by atoms with van der Waals surface area (Å²) >= 11 is 0. The summed E-state index contributed by atoms with van der Waals surface area (Å²) in [4.78, 5) is 4.64. The molecule has 0 bridgehead atoms. The first-order chi connectivity index (χ1) is 9.15. The third kappa shape index (κ3) is 1.48. The van der Waals surface area contributed by atoms with Crippen molar-refractivity contribution in [2.45, 2.75) is 43.9 Å². The molecule has 1 aromatic rings. The number of ether oxygens (including phenoxy) is 2. The van der Waals surface area contributed by atoms with Crippen molar-refractivity contribution in [3.05, 3.63) is 29.1 Å². The Balaban J connectivity index is 1.88. The highest BCUT2D eigenvalue weighted by atomic mass is 16.6. The van der Waals surface area contributed by atoms with Crippen LogP contribution in [0.25, 0.3) is 0 Å². The van der Waals surface area contributed by atoms with E-state index in [1.807, 2.05) is 6.20 Å². The second kappa shape index (κ2) is 3.78. The minimum Gasteiger partial charge on any atom is -0.374 e. The standard InChI is InChI=1S/C15H20N2O2/c1-10-3-5-17-13-12(10)14(4-6-16-11(2)7-14)19-15(13)8-18-9-15/h3,5,11,16H,4,6-9H2,1-2H3. The average molecular weight is 260 g/mol. The molecule has 0 saturated carbocycles. The number of piperidine rings is 1. The molecule has 2 saturated heterocycles. The monoisotopic (exact) mass is 260 g/mol. The molecule has 4 nitrogen and oxygen atoms in total. The first-order valence-electron chi connectivity index (χ1n) is 7.13. The molecule has 2 fully saturated rings. The summed E-state index contributed by atoms with van der Waals surface area (Å²) in [6.07, 6.45) is 3.95. The van der Waals surface area contributed by atoms with Gasteiger partial charge < -0.3 is 14.8 Å². The molecular weight excluding hydrogens is 240 g/mol. The summed E-state index contributed by atoms with van der Waals surface area (Å²) in [5, 5.41) is 3.52. The molecule has 3 aliphatic heterocycles. The van der Waals surface area contributed by atoms with Gasteiger partial charge in [0.05, 0.1) is 24.5 Å². The predicted molar refractivity (Wildman–Crippen MR) is 70.9 cm³/mol. The molecule has 4 heteroatoms. The van der Waals surface area contributed by atoms with E-state index in [9.17, 15) is 0 Å². The van der Waals surface area contributed by atoms with Crippen molar-refractivity contribution < 1.29 is 9.47 Å². The first kappa shape index (κ1) is 11.8. The van der Waals surface area contributed by atoms with Crippen LogP contribution in [-0.4, -0.2) is 30.8 Å². The summed E-state index contributed by atoms with van der Waals surface area (Å²) < 4.78 is 12.0. The van der Waals surface area contributed by atoms with E-state index in [1.54, 1.807) is 0 Å². The zero-order valence-corrected chi connectivity index (χ0v) is 11.5. The quantitative estimate of drug-likeness (QED) is 0.769. The molecule has 0 aromatic carbocycles. The lowest BCUT2D eigenvalue weighted by Crippen LogP contribution is -2.51. The minimum atomic E-state index is -0.265. The molecule has 0 amide bonds. The Morgan fingerprint density at radius 3 is 2.89 bits per heavy atom. The highest BCUT2D eigenvalue weighted by molar-refractivity contribution is 5.43. The summed E-state index contributed by atoms with van der Waals surface area (Å²) in [6, 6.07) is 2.59. The van der Waals surface area contributed by atoms with E-state index in [4.69, 9.17) is 9.47 Å². The van der Waals surface area contributed by atoms with Crippen LogP contribution in [0.5, 0.6) is 0 Å². The van der Waals surface area contributed by atoms with Crippen LogP contribution >= 0.6 is 0 Å². The molecule has 1 N–H and O–H groups in total. The van der Waals surface area contributed by atoms with E-state index >= 15 is 0 Å². The van der Waals surface area contributed by atoms with Gasteiger partial charge in [0, 0.05) is 17.8 Å². The number of aryl methyl sites for hydroxylation is 1. The molecule has 4 rings (SSSR count). The highest BCUT2D eigenvalue weighted by Gasteiger charge is 2.59. The van der Waals surface area contributed by atoms with Crippen LogP contribution in [0.2, 0.25) is 0 Å². The maximum Gasteiger partial charge on any atom is 0.158 e. The van der Waals surface area contributed by atoms with Crippen molar-refractivity contribution in [2.75, 3.05) is 19.8 Å². The molecule has 4 heterocycles. The predicted octanol–water partition coefficient (Wildman–Crippen LogP) is 1.61. The number of hydrogen-bond acceptors (Lipinski definition) is 4. The molecule has 2 spiro atoms. The van der Waals surface area contributed by atoms with Crippen LogP contribution in [0.1, 0.15) is 36.6 Å². The molecule has 2 atom stereocenters. The zero-order chi connectivity index (χ0) is 13.1. The van der Waals surface area contributed by atoms with Gasteiger partial charge in [-0.25, -0.2) is 0 Å². The van der Waals surface area contributed by atoms with Gasteiger partial charge in [-0.15, -0.1) is 0 Å². The highest BCUT2D eigenvalue weighted by Crippen LogP contribution is 2.54. The largest absolute Gasteiger partial charge is 0.374 e. The number of rotatable bonds is 0. The molecule has 102 valence electrons. The van der Waals surface area contributed by atoms with Crippen LogP contribution in [0, 0.1) is 6.92 Å². The maximum absolute atomic E-state index is 6.61. The van der Waals surface area contributed by atoms with Gasteiger partial charge in [-0.2, -0.15) is 0 Å². The van der Waals surface area contributed by atoms with Crippen LogP contribution in [0.4, 0.5) is 0 Å². The maximum atomic E-state index is 6.61. The third-order valence-electron chi connectivity index (χ3n) is 4.77. The van der Waals surface area contributed by atoms with E-state index in [1.165, 1.54) is 11.1 Å². The third-order valence-corrected chi connectivity index (χ3v) is 4.77. The SMILES string of the molecule is Cc1ccnc2c1C1(CCNC(C)C1)OC21COC1. The minimum absolute atomic E-state index is 0.151. The van der Waals surface area contributed by atoms with Crippen molar-refractivity contribution >= 4 is 0 Å². The second-order valence-electron chi connectivity index (χ2n) is 6.24. The topological polar surface area (TPSA) is 43.4 Å². The summed E-state index contributed by atoms with van der Waals surface area (Å²) in [5.41, 5.74) is 3.36. The number of nitrogens with zero attached hydrogens (tertiary/aromatic N) is 1. The Labute approximate surface area is 113 Å². The molecule has 2 unspecified atom stereocenters. The molecule has 1 aromatic heterocycles. The van der Waals surface area contributed by atoms with Crippen LogP contribution in [0.3, 0.4) is 0 Å². The summed E-state index contributed by atoms with van der Waals surface area (Å²) in [6.45, 7) is 6.72. The fourth-order valence-electron chi connectivity index (χ4n) is 3.94. The van der Waals surface area contributed by atoms with Crippen LogP contribution in [0.15, 0.2) is 12.3 Å². The number of aromatic nitrogens is 1. The van der Waals surface area contributed by atoms with Gasteiger partial charge in [-0.05, 0) is 44.9 Å². The average Bonchev–Trinajstić information content (AvgIpc) is 2.61. The van der Waals surface area contributed by atoms with Gasteiger partial charge in [0.25, 0.3) is 0 Å². The van der Waals surface area contributed by atoms with Gasteiger partial charge in [-0.3, -0.25) is 4.98 Å². The smallest absolute Gasteiger partial charge is 0.158 e. The van der Waals surface area contributed by atoms with Gasteiger partial charge >= 0.3 is 0 Å². The van der Waals surface area contributed by atoms with E-state index in [0.717, 1.165) is 25.1 Å². The fourth-order valence-corrected chi connectivity index (χ4v) is 3.94. The Hall–Kier alpha value is -0.970. The number of hydrogen-bond donors (Lipinski definition) is 1. The lowest BCUT2D eigenvalue weighted by atomic mass is 9.80. The van der Waals surface area contributed by atoms with Crippen molar-refractivity contribution in [2.24, 2.45) is 0 Å². The van der Waals surface area contributed by atoms with Gasteiger partial charge in [0.2, 0.25) is 0 Å². The lowest BCUT2D eigenvalue weighted by Gasteiger charge is -2.43. The van der Waals surface area contributed by atoms with E-state index in [0.29, 0.717) is 19.3 Å². The number of pyridine rings is 1. The van der Waals surface area contributed by atoms with Crippen LogP contribution in [-0.2, 0) is 20.7 Å². The van der Waals surface area contributed by atoms with Crippen molar-refractivity contribution in [1.82, 2.24) is 10.3 Å². The van der Waals surface area contributed by atoms with Gasteiger partial charge in [-0.1, -0.05) is 0 Å². The van der Waals surface area contributed by atoms with Gasteiger partial charge in [0.1, 0.15) is 0 Å². The normalized spacial score (nSPS) is 35.4. The Kier molecular flexibility index (Phi) is 2.35. The molecule has 3 aliphatic rings. The summed E-state index contributed by atoms with van der Waals surface area (Å²) in [7, 11) is 0. The first-order valence-corrected chi connectivity index (χ1v) is 7.13. The fraction of sp³-hybridized carbons (Fsp3) is 0.667. The Bertz CT molecular complexity index is 527. The molecular formula is C15H20N2O2. The van der Waals surface area contributed by atoms with E-state index < -0.39 is 0 Å². The Morgan fingerprint density at radius 2 is 2.21 bits per heavy atom. The zero-order valence-electron chi connectivity index (χ0n) is 11.5.